The molecule has 0 atom stereocenters. The second kappa shape index (κ2) is 6.14. The Balaban J connectivity index is 1.58. The van der Waals surface area contributed by atoms with E-state index in [1.165, 1.54) is 0 Å². The Kier molecular flexibility index (Phi) is 4.16. The van der Waals surface area contributed by atoms with Gasteiger partial charge in [-0.15, -0.1) is 0 Å². The molecule has 0 unspecified atom stereocenters. The number of nitrogens with one attached hydrogen (secondary N) is 1. The largest absolute Gasteiger partial charge is 0.471 e. The first-order valence-electron chi connectivity index (χ1n) is 7.44. The Bertz CT molecular complexity index is 763. The van der Waals surface area contributed by atoms with Crippen LogP contribution in [0.1, 0.15) is 12.8 Å². The number of likely N-dealkylation sites (tertiary alicyclic amines) is 1. The van der Waals surface area contributed by atoms with Gasteiger partial charge in [-0.2, -0.15) is 13.2 Å². The average molecular weight is 340 g/mol. The van der Waals surface area contributed by atoms with Crippen molar-refractivity contribution in [3.63, 3.8) is 0 Å². The molecule has 9 heteroatoms. The van der Waals surface area contributed by atoms with Crippen molar-refractivity contribution in [1.29, 1.82) is 0 Å². The minimum absolute atomic E-state index is 0.0724. The van der Waals surface area contributed by atoms with Gasteiger partial charge in [-0.05, 0) is 25.0 Å². The zero-order chi connectivity index (χ0) is 17.3. The van der Waals surface area contributed by atoms with Gasteiger partial charge < -0.3 is 14.6 Å². The lowest BCUT2D eigenvalue weighted by molar-refractivity contribution is -0.186. The third kappa shape index (κ3) is 3.34. The molecule has 1 saturated heterocycles. The molecule has 6 nitrogen and oxygen atoms in total. The van der Waals surface area contributed by atoms with E-state index in [1.54, 1.807) is 35.1 Å². The van der Waals surface area contributed by atoms with E-state index in [0.717, 1.165) is 10.5 Å². The number of hydrogen-bond acceptors (Lipinski definition) is 3. The van der Waals surface area contributed by atoms with Crippen LogP contribution in [0.5, 0.6) is 0 Å². The molecule has 0 saturated carbocycles. The highest BCUT2D eigenvalue weighted by molar-refractivity contribution is 5.92. The molecule has 128 valence electrons. The fourth-order valence-corrected chi connectivity index (χ4v) is 2.76. The Morgan fingerprint density at radius 3 is 2.58 bits per heavy atom. The lowest BCUT2D eigenvalue weighted by Crippen LogP contribution is -2.46. The number of aromatic nitrogens is 2. The van der Waals surface area contributed by atoms with Crippen molar-refractivity contribution in [1.82, 2.24) is 14.3 Å². The zero-order valence-electron chi connectivity index (χ0n) is 12.6. The van der Waals surface area contributed by atoms with Gasteiger partial charge in [0.1, 0.15) is 5.65 Å². The summed E-state index contributed by atoms with van der Waals surface area (Å²) >= 11 is 0. The van der Waals surface area contributed by atoms with E-state index in [1.807, 2.05) is 0 Å². The van der Waals surface area contributed by atoms with Crippen LogP contribution >= 0.6 is 0 Å². The van der Waals surface area contributed by atoms with Crippen LogP contribution in [0.15, 0.2) is 30.7 Å². The van der Waals surface area contributed by atoms with Crippen molar-refractivity contribution in [2.24, 2.45) is 5.92 Å². The summed E-state index contributed by atoms with van der Waals surface area (Å²) in [5, 5.41) is 2.75. The summed E-state index contributed by atoms with van der Waals surface area (Å²) in [7, 11) is 0. The van der Waals surface area contributed by atoms with E-state index in [-0.39, 0.29) is 31.8 Å². The summed E-state index contributed by atoms with van der Waals surface area (Å²) < 4.78 is 39.0. The number of pyridine rings is 1. The number of fused-ring (bicyclic) bond motifs is 1. The molecular weight excluding hydrogens is 325 g/mol. The predicted octanol–water partition coefficient (Wildman–Crippen LogP) is 2.07. The number of halogens is 3. The number of hydrogen-bond donors (Lipinski definition) is 1. The maximum absolute atomic E-state index is 12.4. The van der Waals surface area contributed by atoms with Gasteiger partial charge in [-0.25, -0.2) is 4.98 Å². The highest BCUT2D eigenvalue weighted by Crippen LogP contribution is 2.24. The number of alkyl halides is 3. The fraction of sp³-hybridized carbons (Fsp3) is 0.400. The fourth-order valence-electron chi connectivity index (χ4n) is 2.76. The molecule has 24 heavy (non-hydrogen) atoms. The van der Waals surface area contributed by atoms with E-state index in [9.17, 15) is 22.8 Å². The first-order valence-corrected chi connectivity index (χ1v) is 7.44. The van der Waals surface area contributed by atoms with Crippen molar-refractivity contribution in [3.8, 4) is 0 Å². The zero-order valence-corrected chi connectivity index (χ0v) is 12.6. The molecule has 1 aliphatic rings. The molecule has 0 spiro atoms. The topological polar surface area (TPSA) is 66.7 Å². The molecule has 1 N–H and O–H groups in total. The van der Waals surface area contributed by atoms with Crippen LogP contribution in [0.4, 0.5) is 18.9 Å². The summed E-state index contributed by atoms with van der Waals surface area (Å²) in [5.41, 5.74) is 1.33. The number of rotatable bonds is 2. The predicted molar refractivity (Wildman–Crippen MR) is 79.2 cm³/mol. The molecule has 0 aliphatic carbocycles. The minimum atomic E-state index is -4.87. The molecular formula is C15H15F3N4O2. The quantitative estimate of drug-likeness (QED) is 0.910. The number of carbonyl (C=O) groups is 2. The number of amides is 2. The Morgan fingerprint density at radius 2 is 1.92 bits per heavy atom. The Hall–Kier alpha value is -2.58. The smallest absolute Gasteiger partial charge is 0.335 e. The highest BCUT2D eigenvalue weighted by Gasteiger charge is 2.43. The molecule has 3 rings (SSSR count). The summed E-state index contributed by atoms with van der Waals surface area (Å²) in [6.45, 7) is -0.145. The van der Waals surface area contributed by atoms with Gasteiger partial charge in [0.2, 0.25) is 5.91 Å². The molecule has 1 aliphatic heterocycles. The molecule has 0 bridgehead atoms. The monoisotopic (exact) mass is 340 g/mol. The molecule has 0 radical (unpaired) electrons. The van der Waals surface area contributed by atoms with Crippen molar-refractivity contribution in [2.45, 2.75) is 19.0 Å². The molecule has 2 amide bonds. The summed E-state index contributed by atoms with van der Waals surface area (Å²) in [6.07, 6.45) is 0.639. The molecule has 1 fully saturated rings. The Morgan fingerprint density at radius 1 is 1.21 bits per heavy atom. The second-order valence-electron chi connectivity index (χ2n) is 5.66. The average Bonchev–Trinajstić information content (AvgIpc) is 3.01. The summed E-state index contributed by atoms with van der Waals surface area (Å²) in [6, 6.07) is 3.46. The SMILES string of the molecule is O=C(Nc1ccc2nccn2c1)C1CCN(C(=O)C(F)(F)F)CC1. The minimum Gasteiger partial charge on any atom is -0.335 e. The van der Waals surface area contributed by atoms with Crippen LogP contribution in [0.25, 0.3) is 5.65 Å². The van der Waals surface area contributed by atoms with Crippen molar-refractivity contribution in [3.05, 3.63) is 30.7 Å². The number of carbonyl (C=O) groups excluding carboxylic acids is 2. The molecule has 0 aromatic carbocycles. The number of imidazole rings is 1. The number of piperidine rings is 1. The third-order valence-electron chi connectivity index (χ3n) is 4.05. The van der Waals surface area contributed by atoms with E-state index in [0.29, 0.717) is 5.69 Å². The van der Waals surface area contributed by atoms with Gasteiger partial charge in [-0.1, -0.05) is 0 Å². The van der Waals surface area contributed by atoms with Gasteiger partial charge in [0, 0.05) is 37.6 Å². The van der Waals surface area contributed by atoms with Crippen molar-refractivity contribution < 1.29 is 22.8 Å². The van der Waals surface area contributed by atoms with Gasteiger partial charge >= 0.3 is 12.1 Å². The van der Waals surface area contributed by atoms with Crippen molar-refractivity contribution >= 4 is 23.1 Å². The van der Waals surface area contributed by atoms with Gasteiger partial charge in [0.15, 0.2) is 0 Å². The number of anilines is 1. The lowest BCUT2D eigenvalue weighted by atomic mass is 9.95. The van der Waals surface area contributed by atoms with Crippen LogP contribution in [-0.4, -0.2) is 45.4 Å². The molecule has 2 aromatic rings. The van der Waals surface area contributed by atoms with E-state index in [2.05, 4.69) is 10.3 Å². The Labute approximate surface area is 135 Å². The third-order valence-corrected chi connectivity index (χ3v) is 4.05. The summed E-state index contributed by atoms with van der Waals surface area (Å²) in [5.74, 6) is -2.51. The lowest BCUT2D eigenvalue weighted by Gasteiger charge is -2.31. The van der Waals surface area contributed by atoms with Crippen LogP contribution in [0.3, 0.4) is 0 Å². The second-order valence-corrected chi connectivity index (χ2v) is 5.66. The van der Waals surface area contributed by atoms with Crippen LogP contribution in [0.2, 0.25) is 0 Å². The normalized spacial score (nSPS) is 16.4. The highest BCUT2D eigenvalue weighted by atomic mass is 19.4. The first kappa shape index (κ1) is 16.3. The van der Waals surface area contributed by atoms with Crippen molar-refractivity contribution in [2.75, 3.05) is 18.4 Å². The van der Waals surface area contributed by atoms with E-state index < -0.39 is 18.0 Å². The van der Waals surface area contributed by atoms with Gasteiger partial charge in [0.25, 0.3) is 0 Å². The van der Waals surface area contributed by atoms with Gasteiger partial charge in [0.05, 0.1) is 5.69 Å². The van der Waals surface area contributed by atoms with E-state index >= 15 is 0 Å². The molecule has 3 heterocycles. The van der Waals surface area contributed by atoms with Crippen LogP contribution < -0.4 is 5.32 Å². The number of nitrogens with zero attached hydrogens (tertiary/aromatic N) is 3. The maximum atomic E-state index is 12.4. The summed E-state index contributed by atoms with van der Waals surface area (Å²) in [4.78, 5) is 28.3. The standard InChI is InChI=1S/C15H15F3N4O2/c16-15(17,18)14(24)21-6-3-10(4-7-21)13(23)20-11-1-2-12-19-5-8-22(12)9-11/h1-2,5,8-10H,3-4,6-7H2,(H,20,23). The molecule has 2 aromatic heterocycles. The van der Waals surface area contributed by atoms with E-state index in [4.69, 9.17) is 0 Å². The maximum Gasteiger partial charge on any atom is 0.471 e. The van der Waals surface area contributed by atoms with Gasteiger partial charge in [-0.3, -0.25) is 9.59 Å². The van der Waals surface area contributed by atoms with Crippen LogP contribution in [0, 0.1) is 5.92 Å². The van der Waals surface area contributed by atoms with Crippen LogP contribution in [-0.2, 0) is 9.59 Å². The first-order chi connectivity index (χ1) is 11.3.